The van der Waals surface area contributed by atoms with E-state index in [2.05, 4.69) is 0 Å². The highest BCUT2D eigenvalue weighted by atomic mass is 31.1. The molecule has 4 heteroatoms. The monoisotopic (exact) mass is 180 g/mol. The summed E-state index contributed by atoms with van der Waals surface area (Å²) in [5, 5.41) is 0. The molecule has 1 aromatic carbocycles. The summed E-state index contributed by atoms with van der Waals surface area (Å²) >= 11 is 0. The van der Waals surface area contributed by atoms with Gasteiger partial charge in [-0.2, -0.15) is 0 Å². The molecular formula is C8H5O3P. The van der Waals surface area contributed by atoms with Crippen LogP contribution in [0.25, 0.3) is 0 Å². The van der Waals surface area contributed by atoms with Gasteiger partial charge in [0.15, 0.2) is 14.4 Å². The van der Waals surface area contributed by atoms with Gasteiger partial charge in [-0.1, -0.05) is 12.1 Å². The molecule has 1 aromatic rings. The first kappa shape index (κ1) is 7.32. The molecule has 3 nitrogen and oxygen atoms in total. The van der Waals surface area contributed by atoms with Gasteiger partial charge in [-0.25, -0.2) is 4.79 Å². The van der Waals surface area contributed by atoms with Gasteiger partial charge in [0, 0.05) is 0 Å². The van der Waals surface area contributed by atoms with E-state index in [0.29, 0.717) is 19.7 Å². The fourth-order valence-electron chi connectivity index (χ4n) is 0.935. The molecule has 0 amide bonds. The molecule has 0 saturated heterocycles. The van der Waals surface area contributed by atoms with Crippen molar-refractivity contribution in [2.24, 2.45) is 0 Å². The van der Waals surface area contributed by atoms with Crippen LogP contribution in [0.4, 0.5) is 0 Å². The molecule has 1 aliphatic rings. The lowest BCUT2D eigenvalue weighted by Crippen LogP contribution is -1.98. The number of fused-ring (bicyclic) bond motifs is 1. The first-order valence-electron chi connectivity index (χ1n) is 3.37. The zero-order valence-corrected chi connectivity index (χ0v) is 6.95. The van der Waals surface area contributed by atoms with Crippen LogP contribution >= 0.6 is 8.43 Å². The number of hydrogen-bond donors (Lipinski definition) is 0. The number of rotatable bonds is 0. The van der Waals surface area contributed by atoms with E-state index in [4.69, 9.17) is 9.26 Å². The first-order valence-corrected chi connectivity index (χ1v) is 4.25. The summed E-state index contributed by atoms with van der Waals surface area (Å²) in [4.78, 5) is 11.2. The van der Waals surface area contributed by atoms with E-state index in [0.717, 1.165) is 0 Å². The van der Waals surface area contributed by atoms with Crippen LogP contribution in [0.5, 0.6) is 5.75 Å². The average Bonchev–Trinajstić information content (AvgIpc) is 2.29. The summed E-state index contributed by atoms with van der Waals surface area (Å²) < 4.78 is 9.92. The highest BCUT2D eigenvalue weighted by Gasteiger charge is 2.14. The Balaban J connectivity index is 2.52. The topological polar surface area (TPSA) is 35.5 Å². The zero-order valence-electron chi connectivity index (χ0n) is 6.06. The van der Waals surface area contributed by atoms with Crippen LogP contribution in [0.15, 0.2) is 24.3 Å². The summed E-state index contributed by atoms with van der Waals surface area (Å²) in [7, 11) is 0.429. The minimum Gasteiger partial charge on any atom is -0.456 e. The van der Waals surface area contributed by atoms with Gasteiger partial charge in [-0.15, -0.1) is 0 Å². The van der Waals surface area contributed by atoms with Crippen molar-refractivity contribution in [3.8, 4) is 5.75 Å². The zero-order chi connectivity index (χ0) is 8.39. The van der Waals surface area contributed by atoms with Gasteiger partial charge < -0.3 is 9.26 Å². The van der Waals surface area contributed by atoms with E-state index >= 15 is 0 Å². The standard InChI is InChI=1S/C8H5O3P/c9-8-6-3-1-2-4-7(6)10-5-12-11-8/h1-5H. The Morgan fingerprint density at radius 1 is 1.25 bits per heavy atom. The maximum absolute atomic E-state index is 11.2. The van der Waals surface area contributed by atoms with Gasteiger partial charge in [0.1, 0.15) is 11.3 Å². The van der Waals surface area contributed by atoms with Crippen LogP contribution < -0.4 is 4.74 Å². The fraction of sp³-hybridized carbons (Fsp3) is 0. The molecule has 1 heterocycles. The minimum atomic E-state index is -0.346. The second-order valence-corrected chi connectivity index (χ2v) is 2.81. The van der Waals surface area contributed by atoms with E-state index in [-0.39, 0.29) is 5.97 Å². The Morgan fingerprint density at radius 2 is 2.08 bits per heavy atom. The van der Waals surface area contributed by atoms with Crippen molar-refractivity contribution in [3.05, 3.63) is 29.8 Å². The molecule has 0 fully saturated rings. The summed E-state index contributed by atoms with van der Waals surface area (Å²) in [6, 6.07) is 6.98. The predicted molar refractivity (Wildman–Crippen MR) is 45.5 cm³/mol. The van der Waals surface area contributed by atoms with Crippen LogP contribution in [0.2, 0.25) is 0 Å². The number of para-hydroxylation sites is 1. The molecule has 0 saturated carbocycles. The molecule has 2 rings (SSSR count). The second-order valence-electron chi connectivity index (χ2n) is 2.20. The number of hydrogen-bond acceptors (Lipinski definition) is 3. The molecule has 60 valence electrons. The minimum absolute atomic E-state index is 0.346. The van der Waals surface area contributed by atoms with E-state index in [1.54, 1.807) is 18.2 Å². The van der Waals surface area contributed by atoms with Crippen LogP contribution in [0, 0.1) is 0 Å². The molecule has 0 aliphatic carbocycles. The molecule has 0 atom stereocenters. The van der Waals surface area contributed by atoms with E-state index in [1.165, 1.54) is 5.98 Å². The summed E-state index contributed by atoms with van der Waals surface area (Å²) in [6.45, 7) is 0. The SMILES string of the molecule is O=C1OP=COc2ccccc21. The molecule has 0 N–H and O–H groups in total. The second kappa shape index (κ2) is 2.95. The van der Waals surface area contributed by atoms with Crippen molar-refractivity contribution >= 4 is 20.4 Å². The van der Waals surface area contributed by atoms with Gasteiger partial charge in [0.25, 0.3) is 0 Å². The number of benzene rings is 1. The van der Waals surface area contributed by atoms with Gasteiger partial charge in [0.05, 0.1) is 0 Å². The molecular weight excluding hydrogens is 175 g/mol. The Bertz CT molecular complexity index is 346. The third-order valence-electron chi connectivity index (χ3n) is 1.47. The Hall–Kier alpha value is -1.34. The lowest BCUT2D eigenvalue weighted by Gasteiger charge is -2.00. The number of ether oxygens (including phenoxy) is 1. The van der Waals surface area contributed by atoms with Crippen LogP contribution in [0.3, 0.4) is 0 Å². The van der Waals surface area contributed by atoms with Crippen molar-refractivity contribution < 1.29 is 14.1 Å². The van der Waals surface area contributed by atoms with E-state index in [1.807, 2.05) is 6.07 Å². The fourth-order valence-corrected chi connectivity index (χ4v) is 1.33. The van der Waals surface area contributed by atoms with E-state index in [9.17, 15) is 4.79 Å². The van der Waals surface area contributed by atoms with Crippen LogP contribution in [-0.4, -0.2) is 12.0 Å². The van der Waals surface area contributed by atoms with Crippen molar-refractivity contribution in [1.29, 1.82) is 0 Å². The van der Waals surface area contributed by atoms with Gasteiger partial charge >= 0.3 is 5.97 Å². The Morgan fingerprint density at radius 3 is 3.00 bits per heavy atom. The Labute approximate surface area is 70.8 Å². The van der Waals surface area contributed by atoms with Crippen LogP contribution in [-0.2, 0) is 4.52 Å². The van der Waals surface area contributed by atoms with Crippen molar-refractivity contribution in [3.63, 3.8) is 0 Å². The van der Waals surface area contributed by atoms with Gasteiger partial charge in [-0.3, -0.25) is 0 Å². The van der Waals surface area contributed by atoms with Crippen molar-refractivity contribution in [2.45, 2.75) is 0 Å². The highest BCUT2D eigenvalue weighted by Crippen LogP contribution is 2.22. The van der Waals surface area contributed by atoms with Crippen molar-refractivity contribution in [2.75, 3.05) is 0 Å². The number of carbonyl (C=O) groups excluding carboxylic acids is 1. The quantitative estimate of drug-likeness (QED) is 0.571. The lowest BCUT2D eigenvalue weighted by molar-refractivity contribution is 0.0764. The largest absolute Gasteiger partial charge is 0.456 e. The van der Waals surface area contributed by atoms with Gasteiger partial charge in [-0.05, 0) is 12.1 Å². The predicted octanol–water partition coefficient (Wildman–Crippen LogP) is 1.86. The molecule has 0 spiro atoms. The highest BCUT2D eigenvalue weighted by molar-refractivity contribution is 7.33. The summed E-state index contributed by atoms with van der Waals surface area (Å²) in [6.07, 6.45) is 0. The Kier molecular flexibility index (Phi) is 1.80. The van der Waals surface area contributed by atoms with Crippen LogP contribution in [0.1, 0.15) is 10.4 Å². The number of carbonyl (C=O) groups is 1. The molecule has 0 bridgehead atoms. The summed E-state index contributed by atoms with van der Waals surface area (Å²) in [5.41, 5.74) is 0.471. The normalized spacial score (nSPS) is 15.5. The van der Waals surface area contributed by atoms with Crippen molar-refractivity contribution in [1.82, 2.24) is 0 Å². The summed E-state index contributed by atoms with van der Waals surface area (Å²) in [5.74, 6) is 1.64. The third-order valence-corrected chi connectivity index (χ3v) is 1.93. The maximum atomic E-state index is 11.2. The molecule has 0 aromatic heterocycles. The smallest absolute Gasteiger partial charge is 0.350 e. The lowest BCUT2D eigenvalue weighted by atomic mass is 10.2. The molecule has 1 aliphatic heterocycles. The molecule has 12 heavy (non-hydrogen) atoms. The molecule has 0 unspecified atom stereocenters. The van der Waals surface area contributed by atoms with E-state index < -0.39 is 0 Å². The first-order chi connectivity index (χ1) is 5.88. The third kappa shape index (κ3) is 1.19. The van der Waals surface area contributed by atoms with Gasteiger partial charge in [0.2, 0.25) is 0 Å². The maximum Gasteiger partial charge on any atom is 0.350 e. The molecule has 0 radical (unpaired) electrons. The average molecular weight is 180 g/mol.